The lowest BCUT2D eigenvalue weighted by Gasteiger charge is -2.12. The van der Waals surface area contributed by atoms with Crippen molar-refractivity contribution in [2.75, 3.05) is 0 Å². The summed E-state index contributed by atoms with van der Waals surface area (Å²) in [7, 11) is 0. The molecule has 0 spiro atoms. The van der Waals surface area contributed by atoms with Crippen molar-refractivity contribution in [1.29, 1.82) is 5.26 Å². The molecule has 0 aliphatic carbocycles. The molecule has 0 radical (unpaired) electrons. The zero-order valence-electron chi connectivity index (χ0n) is 7.18. The van der Waals surface area contributed by atoms with Gasteiger partial charge in [0.05, 0.1) is 11.1 Å². The van der Waals surface area contributed by atoms with Crippen LogP contribution in [0.2, 0.25) is 0 Å². The highest BCUT2D eigenvalue weighted by Crippen LogP contribution is 2.34. The molecule has 0 unspecified atom stereocenters. The van der Waals surface area contributed by atoms with Crippen molar-refractivity contribution in [2.24, 2.45) is 0 Å². The highest BCUT2D eigenvalue weighted by atomic mass is 32.1. The largest absolute Gasteiger partial charge is 0.416 e. The third kappa shape index (κ3) is 1.85. The normalized spacial score (nSPS) is 11.1. The Morgan fingerprint density at radius 1 is 1.36 bits per heavy atom. The van der Waals surface area contributed by atoms with Gasteiger partial charge in [-0.15, -0.1) is 12.6 Å². The van der Waals surface area contributed by atoms with Crippen molar-refractivity contribution < 1.29 is 13.2 Å². The van der Waals surface area contributed by atoms with Crippen LogP contribution in [0.15, 0.2) is 17.0 Å². The first-order chi connectivity index (χ1) is 6.38. The maximum absolute atomic E-state index is 12.3. The summed E-state index contributed by atoms with van der Waals surface area (Å²) in [6.07, 6.45) is -4.39. The molecule has 0 amide bonds. The molecule has 1 rings (SSSR count). The molecule has 0 heterocycles. The molecule has 0 saturated heterocycles. The fourth-order valence-corrected chi connectivity index (χ4v) is 1.34. The van der Waals surface area contributed by atoms with Crippen LogP contribution in [0.4, 0.5) is 13.2 Å². The first-order valence-electron chi connectivity index (χ1n) is 3.67. The molecular formula is C9H6F3NS. The van der Waals surface area contributed by atoms with Gasteiger partial charge in [0.15, 0.2) is 0 Å². The van der Waals surface area contributed by atoms with Crippen molar-refractivity contribution in [3.63, 3.8) is 0 Å². The molecule has 1 aromatic carbocycles. The van der Waals surface area contributed by atoms with E-state index in [1.807, 2.05) is 0 Å². The van der Waals surface area contributed by atoms with E-state index in [2.05, 4.69) is 12.6 Å². The van der Waals surface area contributed by atoms with Crippen LogP contribution in [0.25, 0.3) is 0 Å². The molecule has 0 bridgehead atoms. The van der Waals surface area contributed by atoms with Gasteiger partial charge in [-0.1, -0.05) is 0 Å². The van der Waals surface area contributed by atoms with Crippen molar-refractivity contribution in [2.45, 2.75) is 18.0 Å². The number of hydrogen-bond donors (Lipinski definition) is 1. The van der Waals surface area contributed by atoms with Gasteiger partial charge in [0.2, 0.25) is 0 Å². The van der Waals surface area contributed by atoms with Gasteiger partial charge >= 0.3 is 6.18 Å². The quantitative estimate of drug-likeness (QED) is 0.663. The van der Waals surface area contributed by atoms with Crippen LogP contribution in [0, 0.1) is 18.3 Å². The van der Waals surface area contributed by atoms with Gasteiger partial charge in [-0.25, -0.2) is 0 Å². The van der Waals surface area contributed by atoms with Crippen molar-refractivity contribution in [1.82, 2.24) is 0 Å². The SMILES string of the molecule is Cc1c(C(F)(F)F)ccc(C#N)c1S. The topological polar surface area (TPSA) is 23.8 Å². The van der Waals surface area contributed by atoms with Crippen molar-refractivity contribution in [3.05, 3.63) is 28.8 Å². The molecule has 0 aliphatic heterocycles. The lowest BCUT2D eigenvalue weighted by molar-refractivity contribution is -0.138. The minimum atomic E-state index is -4.39. The van der Waals surface area contributed by atoms with Gasteiger partial charge in [0.1, 0.15) is 6.07 Å². The Balaban J connectivity index is 3.41. The Morgan fingerprint density at radius 3 is 2.36 bits per heavy atom. The number of nitrogens with zero attached hydrogens (tertiary/aromatic N) is 1. The fraction of sp³-hybridized carbons (Fsp3) is 0.222. The second-order valence-electron chi connectivity index (χ2n) is 2.74. The van der Waals surface area contributed by atoms with Gasteiger partial charge < -0.3 is 0 Å². The number of nitriles is 1. The molecule has 74 valence electrons. The first kappa shape index (κ1) is 10.9. The lowest BCUT2D eigenvalue weighted by atomic mass is 10.1. The van der Waals surface area contributed by atoms with E-state index in [9.17, 15) is 13.2 Å². The Bertz CT molecular complexity index is 404. The van der Waals surface area contributed by atoms with E-state index in [-0.39, 0.29) is 16.0 Å². The molecule has 1 aromatic rings. The number of alkyl halides is 3. The summed E-state index contributed by atoms with van der Waals surface area (Å²) >= 11 is 3.87. The van der Waals surface area contributed by atoms with E-state index < -0.39 is 11.7 Å². The minimum absolute atomic E-state index is 0.0140. The first-order valence-corrected chi connectivity index (χ1v) is 4.12. The molecule has 14 heavy (non-hydrogen) atoms. The molecule has 1 nitrogen and oxygen atoms in total. The van der Waals surface area contributed by atoms with Crippen LogP contribution >= 0.6 is 12.6 Å². The van der Waals surface area contributed by atoms with E-state index in [1.165, 1.54) is 6.92 Å². The second kappa shape index (κ2) is 3.54. The van der Waals surface area contributed by atoms with Crippen molar-refractivity contribution >= 4 is 12.6 Å². The van der Waals surface area contributed by atoms with Gasteiger partial charge in [0.25, 0.3) is 0 Å². The second-order valence-corrected chi connectivity index (χ2v) is 3.19. The average molecular weight is 217 g/mol. The zero-order valence-corrected chi connectivity index (χ0v) is 8.08. The summed E-state index contributed by atoms with van der Waals surface area (Å²) in [6, 6.07) is 3.79. The molecule has 0 atom stereocenters. The maximum Gasteiger partial charge on any atom is 0.416 e. The van der Waals surface area contributed by atoms with E-state index in [4.69, 9.17) is 5.26 Å². The van der Waals surface area contributed by atoms with Gasteiger partial charge in [-0.05, 0) is 24.6 Å². The molecule has 0 saturated carbocycles. The van der Waals surface area contributed by atoms with Gasteiger partial charge in [-0.2, -0.15) is 18.4 Å². The fourth-order valence-electron chi connectivity index (χ4n) is 1.10. The van der Waals surface area contributed by atoms with Crippen LogP contribution in [-0.4, -0.2) is 0 Å². The van der Waals surface area contributed by atoms with E-state index in [0.29, 0.717) is 0 Å². The number of hydrogen-bond acceptors (Lipinski definition) is 2. The smallest absolute Gasteiger partial charge is 0.192 e. The summed E-state index contributed by atoms with van der Waals surface area (Å²) < 4.78 is 37.0. The Morgan fingerprint density at radius 2 is 1.93 bits per heavy atom. The maximum atomic E-state index is 12.3. The summed E-state index contributed by atoms with van der Waals surface area (Å²) in [5.41, 5.74) is -0.611. The van der Waals surface area contributed by atoms with Crippen LogP contribution < -0.4 is 0 Å². The molecule has 5 heteroatoms. The number of rotatable bonds is 0. The monoisotopic (exact) mass is 217 g/mol. The van der Waals surface area contributed by atoms with Gasteiger partial charge in [-0.3, -0.25) is 0 Å². The van der Waals surface area contributed by atoms with E-state index >= 15 is 0 Å². The summed E-state index contributed by atoms with van der Waals surface area (Å²) in [4.78, 5) is 0.0855. The average Bonchev–Trinajstić information content (AvgIpc) is 2.07. The van der Waals surface area contributed by atoms with Crippen LogP contribution in [0.3, 0.4) is 0 Å². The molecule has 0 fully saturated rings. The Hall–Kier alpha value is -1.15. The van der Waals surface area contributed by atoms with Crippen LogP contribution in [-0.2, 0) is 6.18 Å². The third-order valence-electron chi connectivity index (χ3n) is 1.86. The van der Waals surface area contributed by atoms with E-state index in [0.717, 1.165) is 12.1 Å². The number of thiol groups is 1. The van der Waals surface area contributed by atoms with Crippen LogP contribution in [0.1, 0.15) is 16.7 Å². The third-order valence-corrected chi connectivity index (χ3v) is 2.43. The van der Waals surface area contributed by atoms with Crippen LogP contribution in [0.5, 0.6) is 0 Å². The standard InChI is InChI=1S/C9H6F3NS/c1-5-7(9(10,11)12)3-2-6(4-13)8(5)14/h2-3,14H,1H3. The zero-order chi connectivity index (χ0) is 10.9. The predicted molar refractivity (Wildman–Crippen MR) is 48.1 cm³/mol. The molecular weight excluding hydrogens is 211 g/mol. The highest BCUT2D eigenvalue weighted by Gasteiger charge is 2.33. The summed E-state index contributed by atoms with van der Waals surface area (Å²) in [6.45, 7) is 1.30. The Labute approximate surface area is 84.6 Å². The number of halogens is 3. The summed E-state index contributed by atoms with van der Waals surface area (Å²) in [5, 5.41) is 8.56. The molecule has 0 N–H and O–H groups in total. The Kier molecular flexibility index (Phi) is 2.76. The molecule has 0 aliphatic rings. The van der Waals surface area contributed by atoms with Crippen molar-refractivity contribution in [3.8, 4) is 6.07 Å². The predicted octanol–water partition coefficient (Wildman–Crippen LogP) is 3.17. The molecule has 0 aromatic heterocycles. The number of benzene rings is 1. The van der Waals surface area contributed by atoms with E-state index in [1.54, 1.807) is 6.07 Å². The minimum Gasteiger partial charge on any atom is -0.192 e. The lowest BCUT2D eigenvalue weighted by Crippen LogP contribution is -2.08. The summed E-state index contributed by atoms with van der Waals surface area (Å²) in [5.74, 6) is 0. The van der Waals surface area contributed by atoms with Gasteiger partial charge in [0, 0.05) is 4.90 Å². The highest BCUT2D eigenvalue weighted by molar-refractivity contribution is 7.80.